The van der Waals surface area contributed by atoms with Gasteiger partial charge >= 0.3 is 0 Å². The molecular formula is C31H26ClFN4O4S. The van der Waals surface area contributed by atoms with Gasteiger partial charge in [0.25, 0.3) is 0 Å². The number of aromatic nitrogens is 2. The summed E-state index contributed by atoms with van der Waals surface area (Å²) in [4.78, 5) is 8.79. The fourth-order valence-electron chi connectivity index (χ4n) is 4.35. The van der Waals surface area contributed by atoms with Gasteiger partial charge in [-0.15, -0.1) is 6.42 Å². The fourth-order valence-corrected chi connectivity index (χ4v) is 5.47. The molecule has 0 aliphatic heterocycles. The third-order valence-electron chi connectivity index (χ3n) is 6.29. The highest BCUT2D eigenvalue weighted by molar-refractivity contribution is 7.90. The first kappa shape index (κ1) is 29.1. The molecule has 0 unspecified atom stereocenters. The van der Waals surface area contributed by atoms with E-state index < -0.39 is 15.9 Å². The zero-order valence-corrected chi connectivity index (χ0v) is 24.0. The minimum atomic E-state index is -3.29. The quantitative estimate of drug-likeness (QED) is 0.169. The SMILES string of the molecule is C#CCN[C@H](CS(C)(=O)=O)c1ccc(-c2ccc3ncnc(Nc4ccc(OCc5cccc(F)c5)c(Cl)c4)c3c2)o1. The van der Waals surface area contributed by atoms with Crippen LogP contribution < -0.4 is 15.4 Å². The third-order valence-corrected chi connectivity index (χ3v) is 7.52. The largest absolute Gasteiger partial charge is 0.487 e. The Balaban J connectivity index is 1.37. The van der Waals surface area contributed by atoms with Crippen LogP contribution in [-0.2, 0) is 16.4 Å². The summed E-state index contributed by atoms with van der Waals surface area (Å²) in [5.41, 5.74) is 2.82. The molecule has 8 nitrogen and oxygen atoms in total. The van der Waals surface area contributed by atoms with E-state index in [9.17, 15) is 12.8 Å². The third kappa shape index (κ3) is 7.25. The van der Waals surface area contributed by atoms with Gasteiger partial charge in [-0.25, -0.2) is 22.8 Å². The van der Waals surface area contributed by atoms with Crippen LogP contribution >= 0.6 is 11.6 Å². The number of ether oxygens (including phenoxy) is 1. The highest BCUT2D eigenvalue weighted by atomic mass is 35.5. The van der Waals surface area contributed by atoms with Gasteiger partial charge in [-0.05, 0) is 66.2 Å². The number of anilines is 2. The Morgan fingerprint density at radius 2 is 1.95 bits per heavy atom. The molecule has 2 heterocycles. The Hall–Kier alpha value is -4.43. The van der Waals surface area contributed by atoms with Crippen LogP contribution in [0.2, 0.25) is 5.02 Å². The molecule has 0 spiro atoms. The highest BCUT2D eigenvalue weighted by Gasteiger charge is 2.21. The van der Waals surface area contributed by atoms with Gasteiger partial charge < -0.3 is 14.5 Å². The monoisotopic (exact) mass is 604 g/mol. The first-order chi connectivity index (χ1) is 20.2. The zero-order valence-electron chi connectivity index (χ0n) is 22.5. The second kappa shape index (κ2) is 12.6. The molecule has 0 saturated carbocycles. The summed E-state index contributed by atoms with van der Waals surface area (Å²) in [5, 5.41) is 7.41. The smallest absolute Gasteiger partial charge is 0.149 e. The van der Waals surface area contributed by atoms with Gasteiger partial charge in [0.15, 0.2) is 0 Å². The number of hydrogen-bond donors (Lipinski definition) is 2. The number of hydrogen-bond acceptors (Lipinski definition) is 8. The first-order valence-corrected chi connectivity index (χ1v) is 15.3. The lowest BCUT2D eigenvalue weighted by atomic mass is 10.1. The topological polar surface area (TPSA) is 106 Å². The van der Waals surface area contributed by atoms with E-state index in [2.05, 4.69) is 26.5 Å². The van der Waals surface area contributed by atoms with E-state index >= 15 is 0 Å². The number of furan rings is 1. The van der Waals surface area contributed by atoms with E-state index in [1.54, 1.807) is 42.5 Å². The molecule has 0 aliphatic rings. The maximum atomic E-state index is 13.5. The van der Waals surface area contributed by atoms with E-state index in [4.69, 9.17) is 27.2 Å². The summed E-state index contributed by atoms with van der Waals surface area (Å²) in [6.45, 7) is 0.371. The average molecular weight is 605 g/mol. The van der Waals surface area contributed by atoms with Crippen LogP contribution in [0.5, 0.6) is 5.75 Å². The molecule has 2 N–H and O–H groups in total. The molecule has 5 rings (SSSR count). The second-order valence-electron chi connectivity index (χ2n) is 9.58. The van der Waals surface area contributed by atoms with Crippen molar-refractivity contribution in [1.29, 1.82) is 0 Å². The van der Waals surface area contributed by atoms with Crippen molar-refractivity contribution in [2.24, 2.45) is 0 Å². The molecule has 0 bridgehead atoms. The van der Waals surface area contributed by atoms with Crippen LogP contribution in [0.1, 0.15) is 17.4 Å². The predicted molar refractivity (Wildman–Crippen MR) is 162 cm³/mol. The summed E-state index contributed by atoms with van der Waals surface area (Å²) in [6.07, 6.45) is 7.98. The lowest BCUT2D eigenvalue weighted by Crippen LogP contribution is -2.27. The average Bonchev–Trinajstić information content (AvgIpc) is 3.45. The molecule has 0 aliphatic carbocycles. The molecule has 42 heavy (non-hydrogen) atoms. The van der Waals surface area contributed by atoms with Crippen LogP contribution in [0.4, 0.5) is 15.9 Å². The number of nitrogens with one attached hydrogen (secondary N) is 2. The van der Waals surface area contributed by atoms with Crippen LogP contribution in [0, 0.1) is 18.2 Å². The molecular weight excluding hydrogens is 579 g/mol. The highest BCUT2D eigenvalue weighted by Crippen LogP contribution is 2.33. The molecule has 214 valence electrons. The Bertz CT molecular complexity index is 1890. The molecule has 1 atom stereocenters. The lowest BCUT2D eigenvalue weighted by molar-refractivity contribution is 0.306. The number of benzene rings is 3. The van der Waals surface area contributed by atoms with E-state index in [1.165, 1.54) is 24.7 Å². The van der Waals surface area contributed by atoms with Crippen molar-refractivity contribution in [2.45, 2.75) is 12.6 Å². The zero-order chi connectivity index (χ0) is 29.7. The number of terminal acetylenes is 1. The Morgan fingerprint density at radius 1 is 1.10 bits per heavy atom. The summed E-state index contributed by atoms with van der Waals surface area (Å²) >= 11 is 6.48. The molecule has 5 aromatic rings. The van der Waals surface area contributed by atoms with Crippen molar-refractivity contribution in [2.75, 3.05) is 23.9 Å². The normalized spacial score (nSPS) is 12.1. The lowest BCUT2D eigenvalue weighted by Gasteiger charge is -2.14. The molecule has 11 heteroatoms. The Labute approximate surface area is 247 Å². The molecule has 2 aromatic heterocycles. The van der Waals surface area contributed by atoms with Crippen LogP contribution in [0.3, 0.4) is 0 Å². The van der Waals surface area contributed by atoms with Gasteiger partial charge in [-0.3, -0.25) is 5.32 Å². The van der Waals surface area contributed by atoms with Crippen molar-refractivity contribution in [3.8, 4) is 29.4 Å². The van der Waals surface area contributed by atoms with E-state index in [0.717, 1.165) is 10.9 Å². The number of fused-ring (bicyclic) bond motifs is 1. The van der Waals surface area contributed by atoms with Gasteiger partial charge in [0.2, 0.25) is 0 Å². The Morgan fingerprint density at radius 3 is 2.71 bits per heavy atom. The van der Waals surface area contributed by atoms with Crippen LogP contribution in [-0.4, -0.2) is 36.9 Å². The number of nitrogens with zero attached hydrogens (tertiary/aromatic N) is 2. The van der Waals surface area contributed by atoms with Crippen molar-refractivity contribution in [1.82, 2.24) is 15.3 Å². The molecule has 0 radical (unpaired) electrons. The minimum Gasteiger partial charge on any atom is -0.487 e. The number of halogens is 2. The summed E-state index contributed by atoms with van der Waals surface area (Å²) in [5.74, 6) is 3.99. The van der Waals surface area contributed by atoms with Crippen molar-refractivity contribution in [3.63, 3.8) is 0 Å². The second-order valence-corrected chi connectivity index (χ2v) is 12.2. The van der Waals surface area contributed by atoms with E-state index in [1.807, 2.05) is 18.2 Å². The molecule has 0 saturated heterocycles. The maximum absolute atomic E-state index is 13.5. The van der Waals surface area contributed by atoms with E-state index in [-0.39, 0.29) is 24.7 Å². The molecule has 0 amide bonds. The number of sulfone groups is 1. The van der Waals surface area contributed by atoms with Gasteiger partial charge in [0, 0.05) is 22.9 Å². The van der Waals surface area contributed by atoms with Crippen LogP contribution in [0.15, 0.2) is 83.5 Å². The van der Waals surface area contributed by atoms with Crippen molar-refractivity contribution < 1.29 is 22.0 Å². The summed E-state index contributed by atoms with van der Waals surface area (Å²) in [7, 11) is -3.29. The number of rotatable bonds is 11. The molecule has 0 fully saturated rings. The Kier molecular flexibility index (Phi) is 8.73. The summed E-state index contributed by atoms with van der Waals surface area (Å²) < 4.78 is 49.2. The van der Waals surface area contributed by atoms with Gasteiger partial charge in [-0.1, -0.05) is 29.7 Å². The summed E-state index contributed by atoms with van der Waals surface area (Å²) in [6, 6.07) is 19.9. The maximum Gasteiger partial charge on any atom is 0.149 e. The van der Waals surface area contributed by atoms with Gasteiger partial charge in [0.05, 0.1) is 28.9 Å². The van der Waals surface area contributed by atoms with Crippen molar-refractivity contribution >= 4 is 43.8 Å². The van der Waals surface area contributed by atoms with Gasteiger partial charge in [-0.2, -0.15) is 0 Å². The fraction of sp³-hybridized carbons (Fsp3) is 0.161. The van der Waals surface area contributed by atoms with Gasteiger partial charge in [0.1, 0.15) is 51.7 Å². The first-order valence-electron chi connectivity index (χ1n) is 12.8. The van der Waals surface area contributed by atoms with Crippen molar-refractivity contribution in [3.05, 3.63) is 101 Å². The van der Waals surface area contributed by atoms with E-state index in [0.29, 0.717) is 44.9 Å². The molecule has 3 aromatic carbocycles. The van der Waals surface area contributed by atoms with Crippen LogP contribution in [0.25, 0.3) is 22.2 Å². The predicted octanol–water partition coefficient (Wildman–Crippen LogP) is 6.31. The minimum absolute atomic E-state index is 0.154. The standard InChI is InChI=1S/C31H26ClFN4O4S/c1-3-13-34-27(18-42(2,38)39)30-12-11-28(41-30)21-7-9-26-24(15-21)31(36-19-35-26)37-23-8-10-29(25(32)16-23)40-17-20-5-4-6-22(33)14-20/h1,4-12,14-16,19,27,34H,13,17-18H2,2H3,(H,35,36,37)/t27-/m1/s1.